The highest BCUT2D eigenvalue weighted by Gasteiger charge is 2.13. The van der Waals surface area contributed by atoms with Gasteiger partial charge in [-0.2, -0.15) is 9.97 Å². The van der Waals surface area contributed by atoms with Crippen molar-refractivity contribution in [1.82, 2.24) is 15.0 Å². The summed E-state index contributed by atoms with van der Waals surface area (Å²) in [7, 11) is 0. The molecule has 0 atom stereocenters. The molecule has 3 aromatic carbocycles. The molecule has 0 aliphatic heterocycles. The van der Waals surface area contributed by atoms with Crippen LogP contribution in [0.4, 0.5) is 5.95 Å². The molecule has 0 unspecified atom stereocenters. The summed E-state index contributed by atoms with van der Waals surface area (Å²) in [5, 5.41) is 3.46. The van der Waals surface area contributed by atoms with Crippen molar-refractivity contribution in [2.45, 2.75) is 27.7 Å². The molecule has 0 saturated heterocycles. The Hall–Kier alpha value is -4.05. The molecule has 0 aliphatic rings. The first-order valence-electron chi connectivity index (χ1n) is 11.6. The van der Waals surface area contributed by atoms with Gasteiger partial charge in [0, 0.05) is 16.8 Å². The van der Waals surface area contributed by atoms with Crippen LogP contribution in [0.1, 0.15) is 27.7 Å². The summed E-state index contributed by atoms with van der Waals surface area (Å²) in [5.74, 6) is 2.20. The van der Waals surface area contributed by atoms with Crippen LogP contribution in [0.5, 0.6) is 0 Å². The van der Waals surface area contributed by atoms with Gasteiger partial charge in [-0.1, -0.05) is 98.8 Å². The van der Waals surface area contributed by atoms with Crippen molar-refractivity contribution in [2.75, 3.05) is 5.32 Å². The third kappa shape index (κ3) is 5.46. The third-order valence-electron chi connectivity index (χ3n) is 5.77. The van der Waals surface area contributed by atoms with E-state index >= 15 is 0 Å². The number of benzene rings is 3. The first-order chi connectivity index (χ1) is 16.5. The Balaban J connectivity index is 1.83. The summed E-state index contributed by atoms with van der Waals surface area (Å²) in [6, 6.07) is 28.7. The third-order valence-corrected chi connectivity index (χ3v) is 5.77. The largest absolute Gasteiger partial charge is 0.324 e. The van der Waals surface area contributed by atoms with Crippen LogP contribution in [0.15, 0.2) is 108 Å². The van der Waals surface area contributed by atoms with Gasteiger partial charge in [-0.05, 0) is 48.6 Å². The molecule has 0 fully saturated rings. The molecule has 1 N–H and O–H groups in total. The van der Waals surface area contributed by atoms with Crippen LogP contribution in [-0.4, -0.2) is 15.0 Å². The quantitative estimate of drug-likeness (QED) is 0.294. The summed E-state index contributed by atoms with van der Waals surface area (Å²) in [5.41, 5.74) is 6.43. The molecule has 0 saturated carbocycles. The van der Waals surface area contributed by atoms with E-state index in [1.807, 2.05) is 73.7 Å². The van der Waals surface area contributed by atoms with Gasteiger partial charge >= 0.3 is 0 Å². The van der Waals surface area contributed by atoms with E-state index in [0.29, 0.717) is 23.5 Å². The van der Waals surface area contributed by atoms with Crippen LogP contribution >= 0.6 is 0 Å². The molecule has 0 amide bonds. The van der Waals surface area contributed by atoms with E-state index in [1.54, 1.807) is 0 Å². The molecule has 4 heteroatoms. The van der Waals surface area contributed by atoms with Gasteiger partial charge in [-0.15, -0.1) is 0 Å². The number of allylic oxidation sites excluding steroid dienone is 3. The highest BCUT2D eigenvalue weighted by molar-refractivity contribution is 5.71. The fourth-order valence-electron chi connectivity index (χ4n) is 3.62. The first-order valence-corrected chi connectivity index (χ1v) is 11.6. The van der Waals surface area contributed by atoms with E-state index in [-0.39, 0.29) is 0 Å². The van der Waals surface area contributed by atoms with Crippen LogP contribution in [-0.2, 0) is 0 Å². The van der Waals surface area contributed by atoms with Crippen molar-refractivity contribution < 1.29 is 0 Å². The Kier molecular flexibility index (Phi) is 7.28. The lowest BCUT2D eigenvalue weighted by molar-refractivity contribution is 0.761. The zero-order chi connectivity index (χ0) is 23.9. The second-order valence-corrected chi connectivity index (χ2v) is 8.50. The van der Waals surface area contributed by atoms with E-state index in [1.165, 1.54) is 5.57 Å². The molecule has 1 heterocycles. The summed E-state index contributed by atoms with van der Waals surface area (Å²) in [6.45, 7) is 8.52. The Morgan fingerprint density at radius 3 is 1.88 bits per heavy atom. The van der Waals surface area contributed by atoms with E-state index < -0.39 is 0 Å². The maximum atomic E-state index is 4.85. The number of rotatable bonds is 7. The average molecular weight is 447 g/mol. The van der Waals surface area contributed by atoms with Gasteiger partial charge in [-0.25, -0.2) is 4.98 Å². The van der Waals surface area contributed by atoms with E-state index in [4.69, 9.17) is 15.0 Å². The van der Waals surface area contributed by atoms with Gasteiger partial charge < -0.3 is 5.32 Å². The lowest BCUT2D eigenvalue weighted by atomic mass is 10.0. The Bertz CT molecular complexity index is 1310. The molecule has 170 valence electrons. The maximum absolute atomic E-state index is 4.85. The first kappa shape index (κ1) is 23.1. The Labute approximate surface area is 202 Å². The van der Waals surface area contributed by atoms with Crippen molar-refractivity contribution >= 4 is 5.95 Å². The minimum absolute atomic E-state index is 0.399. The number of aromatic nitrogens is 3. The van der Waals surface area contributed by atoms with Crippen molar-refractivity contribution in [3.05, 3.63) is 108 Å². The van der Waals surface area contributed by atoms with Crippen LogP contribution in [0.3, 0.4) is 0 Å². The molecular formula is C30H30N4. The zero-order valence-electron chi connectivity index (χ0n) is 20.2. The summed E-state index contributed by atoms with van der Waals surface area (Å²) in [4.78, 5) is 14.4. The number of nitrogens with one attached hydrogen (secondary N) is 1. The topological polar surface area (TPSA) is 50.7 Å². The molecule has 0 aliphatic carbocycles. The normalized spacial score (nSPS) is 12.1. The molecule has 0 spiro atoms. The zero-order valence-corrected chi connectivity index (χ0v) is 20.2. The standard InChI is InChI=1S/C30H30N4/c1-5-13-27(22(4)21(2)3)31-30-33-28(24-16-10-7-11-17-24)32-29(34-30)26-19-12-18-25(20-26)23-14-8-6-9-15-23/h5-21H,1-4H3,(H,31,32,33,34)/b13-5-,27-22-. The SMILES string of the molecule is C/C=C\C(Nc1nc(-c2ccccc2)nc(-c2cccc(-c3ccccc3)c2)n1)=C(/C)C(C)C. The van der Waals surface area contributed by atoms with Gasteiger partial charge in [0.15, 0.2) is 11.6 Å². The fraction of sp³-hybridized carbons (Fsp3) is 0.167. The van der Waals surface area contributed by atoms with Gasteiger partial charge in [0.1, 0.15) is 0 Å². The second kappa shape index (κ2) is 10.7. The number of nitrogens with zero attached hydrogens (tertiary/aromatic N) is 3. The number of anilines is 1. The van der Waals surface area contributed by atoms with E-state index in [9.17, 15) is 0 Å². The van der Waals surface area contributed by atoms with Gasteiger partial charge in [0.05, 0.1) is 0 Å². The van der Waals surface area contributed by atoms with Crippen LogP contribution in [0.25, 0.3) is 33.9 Å². The van der Waals surface area contributed by atoms with Crippen LogP contribution in [0, 0.1) is 5.92 Å². The summed E-state index contributed by atoms with van der Waals surface area (Å²) >= 11 is 0. The van der Waals surface area contributed by atoms with Crippen molar-refractivity contribution in [2.24, 2.45) is 5.92 Å². The predicted octanol–water partition coefficient (Wildman–Crippen LogP) is 7.79. The van der Waals surface area contributed by atoms with Crippen LogP contribution in [0.2, 0.25) is 0 Å². The molecule has 34 heavy (non-hydrogen) atoms. The van der Waals surface area contributed by atoms with Crippen molar-refractivity contribution in [3.8, 4) is 33.9 Å². The molecule has 0 bridgehead atoms. The Morgan fingerprint density at radius 2 is 1.26 bits per heavy atom. The second-order valence-electron chi connectivity index (χ2n) is 8.50. The van der Waals surface area contributed by atoms with Crippen LogP contribution < -0.4 is 5.32 Å². The van der Waals surface area contributed by atoms with E-state index in [0.717, 1.165) is 28.0 Å². The minimum atomic E-state index is 0.399. The average Bonchev–Trinajstić information content (AvgIpc) is 2.89. The molecule has 4 aromatic rings. The number of hydrogen-bond donors (Lipinski definition) is 1. The monoisotopic (exact) mass is 446 g/mol. The molecule has 4 nitrogen and oxygen atoms in total. The fourth-order valence-corrected chi connectivity index (χ4v) is 3.62. The molecule has 4 rings (SSSR count). The van der Waals surface area contributed by atoms with Gasteiger partial charge in [0.2, 0.25) is 5.95 Å². The number of hydrogen-bond acceptors (Lipinski definition) is 4. The van der Waals surface area contributed by atoms with Gasteiger partial charge in [0.25, 0.3) is 0 Å². The Morgan fingerprint density at radius 1 is 0.706 bits per heavy atom. The minimum Gasteiger partial charge on any atom is -0.324 e. The van der Waals surface area contributed by atoms with Crippen molar-refractivity contribution in [1.29, 1.82) is 0 Å². The highest BCUT2D eigenvalue weighted by Crippen LogP contribution is 2.27. The summed E-state index contributed by atoms with van der Waals surface area (Å²) < 4.78 is 0. The molecule has 1 aromatic heterocycles. The lowest BCUT2D eigenvalue weighted by Gasteiger charge is -2.15. The summed E-state index contributed by atoms with van der Waals surface area (Å²) in [6.07, 6.45) is 4.09. The lowest BCUT2D eigenvalue weighted by Crippen LogP contribution is -2.09. The van der Waals surface area contributed by atoms with E-state index in [2.05, 4.69) is 56.4 Å². The van der Waals surface area contributed by atoms with Crippen molar-refractivity contribution in [3.63, 3.8) is 0 Å². The smallest absolute Gasteiger partial charge is 0.231 e. The molecule has 0 radical (unpaired) electrons. The van der Waals surface area contributed by atoms with Gasteiger partial charge in [-0.3, -0.25) is 0 Å². The maximum Gasteiger partial charge on any atom is 0.231 e. The predicted molar refractivity (Wildman–Crippen MR) is 142 cm³/mol. The molecular weight excluding hydrogens is 416 g/mol. The highest BCUT2D eigenvalue weighted by atomic mass is 15.2.